The zero-order valence-electron chi connectivity index (χ0n) is 14.8. The van der Waals surface area contributed by atoms with E-state index in [4.69, 9.17) is 0 Å². The molecule has 0 aromatic heterocycles. The second-order valence-electron chi connectivity index (χ2n) is 7.29. The highest BCUT2D eigenvalue weighted by atomic mass is 16.3. The van der Waals surface area contributed by atoms with Crippen LogP contribution in [-0.2, 0) is 4.79 Å². The normalized spacial score (nSPS) is 12.8. The second-order valence-corrected chi connectivity index (χ2v) is 7.29. The number of hydrogen-bond acceptors (Lipinski definition) is 2. The summed E-state index contributed by atoms with van der Waals surface area (Å²) in [6.45, 7) is 5.65. The van der Waals surface area contributed by atoms with Gasteiger partial charge in [-0.2, -0.15) is 0 Å². The van der Waals surface area contributed by atoms with Crippen LogP contribution < -0.4 is 5.32 Å². The van der Waals surface area contributed by atoms with Crippen LogP contribution in [0, 0.1) is 5.41 Å². The van der Waals surface area contributed by atoms with Gasteiger partial charge >= 0.3 is 0 Å². The average Bonchev–Trinajstić information content (AvgIpc) is 2.60. The fourth-order valence-electron chi connectivity index (χ4n) is 2.90. The Morgan fingerprint density at radius 2 is 1.56 bits per heavy atom. The summed E-state index contributed by atoms with van der Waals surface area (Å²) < 4.78 is 0. The number of benzene rings is 3. The molecule has 0 aliphatic rings. The number of aromatic hydroxyl groups is 1. The minimum atomic E-state index is -0.521. The summed E-state index contributed by atoms with van der Waals surface area (Å²) in [4.78, 5) is 12.7. The van der Waals surface area contributed by atoms with Gasteiger partial charge in [-0.1, -0.05) is 81.4 Å². The van der Waals surface area contributed by atoms with Gasteiger partial charge in [0.25, 0.3) is 0 Å². The van der Waals surface area contributed by atoms with E-state index in [0.29, 0.717) is 0 Å². The van der Waals surface area contributed by atoms with Crippen LogP contribution in [0.1, 0.15) is 37.9 Å². The molecule has 0 fully saturated rings. The maximum Gasteiger partial charge on any atom is 0.226 e. The van der Waals surface area contributed by atoms with Crippen LogP contribution >= 0.6 is 0 Å². The number of hydrogen-bond donors (Lipinski definition) is 2. The van der Waals surface area contributed by atoms with Crippen molar-refractivity contribution in [3.05, 3.63) is 77.9 Å². The van der Waals surface area contributed by atoms with Crippen LogP contribution in [0.25, 0.3) is 10.8 Å². The molecule has 3 nitrogen and oxygen atoms in total. The molecule has 0 heterocycles. The lowest BCUT2D eigenvalue weighted by Crippen LogP contribution is -2.38. The van der Waals surface area contributed by atoms with Gasteiger partial charge in [0.05, 0.1) is 6.04 Å². The molecule has 0 spiro atoms. The highest BCUT2D eigenvalue weighted by Crippen LogP contribution is 2.36. The van der Waals surface area contributed by atoms with Crippen molar-refractivity contribution in [1.82, 2.24) is 5.32 Å². The number of phenolic OH excluding ortho intramolecular Hbond substituents is 1. The Bertz CT molecular complexity index is 895. The molecular formula is C22H23NO2. The molecule has 3 aromatic rings. The minimum Gasteiger partial charge on any atom is -0.508 e. The van der Waals surface area contributed by atoms with Gasteiger partial charge in [-0.05, 0) is 22.4 Å². The van der Waals surface area contributed by atoms with Crippen molar-refractivity contribution in [3.8, 4) is 5.75 Å². The first-order valence-electron chi connectivity index (χ1n) is 8.44. The van der Waals surface area contributed by atoms with Crippen LogP contribution in [0.4, 0.5) is 0 Å². The van der Waals surface area contributed by atoms with Crippen molar-refractivity contribution in [3.63, 3.8) is 0 Å². The number of carbonyl (C=O) groups excluding carboxylic acids is 1. The molecule has 3 aromatic carbocycles. The molecular weight excluding hydrogens is 310 g/mol. The molecule has 1 amide bonds. The predicted molar refractivity (Wildman–Crippen MR) is 101 cm³/mol. The van der Waals surface area contributed by atoms with Gasteiger partial charge in [-0.3, -0.25) is 4.79 Å². The van der Waals surface area contributed by atoms with E-state index < -0.39 is 11.5 Å². The van der Waals surface area contributed by atoms with E-state index in [2.05, 4.69) is 5.32 Å². The van der Waals surface area contributed by atoms with Gasteiger partial charge in [0.15, 0.2) is 0 Å². The van der Waals surface area contributed by atoms with Crippen molar-refractivity contribution < 1.29 is 9.90 Å². The van der Waals surface area contributed by atoms with Crippen molar-refractivity contribution >= 4 is 16.7 Å². The number of fused-ring (bicyclic) bond motifs is 1. The number of nitrogens with one attached hydrogen (secondary N) is 1. The fraction of sp³-hybridized carbons (Fsp3) is 0.227. The van der Waals surface area contributed by atoms with Gasteiger partial charge in [-0.15, -0.1) is 0 Å². The van der Waals surface area contributed by atoms with E-state index >= 15 is 0 Å². The Kier molecular flexibility index (Phi) is 4.49. The topological polar surface area (TPSA) is 49.3 Å². The fourth-order valence-corrected chi connectivity index (χ4v) is 2.90. The van der Waals surface area contributed by atoms with Crippen molar-refractivity contribution in [2.45, 2.75) is 26.8 Å². The van der Waals surface area contributed by atoms with Gasteiger partial charge in [0.2, 0.25) is 5.91 Å². The molecule has 128 valence electrons. The first-order chi connectivity index (χ1) is 11.9. The first kappa shape index (κ1) is 17.0. The molecule has 0 saturated carbocycles. The third-order valence-corrected chi connectivity index (χ3v) is 4.33. The van der Waals surface area contributed by atoms with E-state index in [0.717, 1.165) is 21.9 Å². The van der Waals surface area contributed by atoms with Crippen molar-refractivity contribution in [2.24, 2.45) is 5.41 Å². The highest BCUT2D eigenvalue weighted by molar-refractivity contribution is 5.90. The smallest absolute Gasteiger partial charge is 0.226 e. The van der Waals surface area contributed by atoms with Gasteiger partial charge in [-0.25, -0.2) is 0 Å². The number of carbonyl (C=O) groups is 1. The largest absolute Gasteiger partial charge is 0.508 e. The summed E-state index contributed by atoms with van der Waals surface area (Å²) in [5.74, 6) is 0.121. The zero-order valence-corrected chi connectivity index (χ0v) is 14.8. The number of rotatable bonds is 3. The maximum atomic E-state index is 12.7. The first-order valence-corrected chi connectivity index (χ1v) is 8.44. The van der Waals surface area contributed by atoms with E-state index in [1.54, 1.807) is 6.07 Å². The Labute approximate surface area is 148 Å². The Morgan fingerprint density at radius 3 is 2.24 bits per heavy atom. The second kappa shape index (κ2) is 6.60. The summed E-state index contributed by atoms with van der Waals surface area (Å²) in [5, 5.41) is 15.7. The molecule has 3 heteroatoms. The zero-order chi connectivity index (χ0) is 18.0. The van der Waals surface area contributed by atoms with Crippen molar-refractivity contribution in [2.75, 3.05) is 0 Å². The lowest BCUT2D eigenvalue weighted by Gasteiger charge is -2.26. The SMILES string of the molecule is CC(C)(C)C(=O)N[C@H](c1ccccc1)c1c(O)ccc2ccccc12. The third kappa shape index (κ3) is 3.50. The predicted octanol–water partition coefficient (Wildman–Crippen LogP) is 4.80. The lowest BCUT2D eigenvalue weighted by molar-refractivity contribution is -0.129. The van der Waals surface area contributed by atoms with Gasteiger partial charge < -0.3 is 10.4 Å². The summed E-state index contributed by atoms with van der Waals surface area (Å²) in [5.41, 5.74) is 1.14. The van der Waals surface area contributed by atoms with Crippen LogP contribution in [0.3, 0.4) is 0 Å². The third-order valence-electron chi connectivity index (χ3n) is 4.33. The Morgan fingerprint density at radius 1 is 0.920 bits per heavy atom. The summed E-state index contributed by atoms with van der Waals surface area (Å²) in [7, 11) is 0. The van der Waals surface area contributed by atoms with Crippen LogP contribution in [0.2, 0.25) is 0 Å². The molecule has 1 atom stereocenters. The molecule has 0 saturated heterocycles. The van der Waals surface area contributed by atoms with E-state index in [1.807, 2.05) is 81.4 Å². The van der Waals surface area contributed by atoms with Crippen LogP contribution in [0.15, 0.2) is 66.7 Å². The van der Waals surface area contributed by atoms with Gasteiger partial charge in [0.1, 0.15) is 5.75 Å². The van der Waals surface area contributed by atoms with Gasteiger partial charge in [0, 0.05) is 11.0 Å². The monoisotopic (exact) mass is 333 g/mol. The molecule has 0 aliphatic heterocycles. The van der Waals surface area contributed by atoms with Crippen LogP contribution in [-0.4, -0.2) is 11.0 Å². The van der Waals surface area contributed by atoms with E-state index in [1.165, 1.54) is 0 Å². The standard InChI is InChI=1S/C22H23NO2/c1-22(2,3)21(25)23-20(16-10-5-4-6-11-16)19-17-12-8-7-9-15(17)13-14-18(19)24/h4-14,20,24H,1-3H3,(H,23,25)/t20-/m1/s1. The van der Waals surface area contributed by atoms with E-state index in [9.17, 15) is 9.90 Å². The molecule has 0 radical (unpaired) electrons. The highest BCUT2D eigenvalue weighted by Gasteiger charge is 2.28. The summed E-state index contributed by atoms with van der Waals surface area (Å²) in [6, 6.07) is 20.8. The average molecular weight is 333 g/mol. The quantitative estimate of drug-likeness (QED) is 0.723. The summed E-state index contributed by atoms with van der Waals surface area (Å²) in [6.07, 6.45) is 0. The molecule has 25 heavy (non-hydrogen) atoms. The van der Waals surface area contributed by atoms with Crippen LogP contribution in [0.5, 0.6) is 5.75 Å². The molecule has 0 aliphatic carbocycles. The van der Waals surface area contributed by atoms with Crippen molar-refractivity contribution in [1.29, 1.82) is 0 Å². The molecule has 3 rings (SSSR count). The Hall–Kier alpha value is -2.81. The summed E-state index contributed by atoms with van der Waals surface area (Å²) >= 11 is 0. The minimum absolute atomic E-state index is 0.0614. The molecule has 2 N–H and O–H groups in total. The molecule has 0 bridgehead atoms. The molecule has 0 unspecified atom stereocenters. The lowest BCUT2D eigenvalue weighted by atomic mass is 9.90. The number of amides is 1. The maximum absolute atomic E-state index is 12.7. The van der Waals surface area contributed by atoms with E-state index in [-0.39, 0.29) is 11.7 Å². The Balaban J connectivity index is 2.19. The number of phenols is 1.